The summed E-state index contributed by atoms with van der Waals surface area (Å²) in [6.07, 6.45) is 0. The molecule has 0 bridgehead atoms. The molecule has 0 unspecified atom stereocenters. The first-order chi connectivity index (χ1) is 9.69. The topological polar surface area (TPSA) is 56.6 Å². The van der Waals surface area contributed by atoms with Gasteiger partial charge in [0.25, 0.3) is 5.56 Å². The summed E-state index contributed by atoms with van der Waals surface area (Å²) >= 11 is 3.14. The number of nitrogens with one attached hydrogen (secondary N) is 1. The molecular weight excluding hydrogens is 288 g/mol. The lowest BCUT2D eigenvalue weighted by Crippen LogP contribution is -2.12. The molecule has 0 aliphatic carbocycles. The number of hydrogen-bond acceptors (Lipinski definition) is 4. The zero-order chi connectivity index (χ0) is 14.1. The minimum Gasteiger partial charge on any atom is -0.320 e. The van der Waals surface area contributed by atoms with Crippen LogP contribution in [-0.4, -0.2) is 4.98 Å². The molecule has 0 atom stereocenters. The van der Waals surface area contributed by atoms with Crippen molar-refractivity contribution in [3.63, 3.8) is 0 Å². The monoisotopic (exact) mass is 298 g/mol. The molecule has 0 fully saturated rings. The van der Waals surface area contributed by atoms with Gasteiger partial charge in [-0.3, -0.25) is 4.79 Å². The number of aryl methyl sites for hydroxylation is 1. The van der Waals surface area contributed by atoms with Gasteiger partial charge in [-0.1, -0.05) is 6.07 Å². The zero-order valence-corrected chi connectivity index (χ0v) is 12.3. The standard InChI is InChI=1S/C15H10N2OS2/c1-9-4-5-14(20-9)12-7-10(13-3-2-6-19-13)11(8-16)15(18)17-12/h2-7H,1H3,(H,17,18). The normalized spacial score (nSPS) is 10.4. The highest BCUT2D eigenvalue weighted by atomic mass is 32.1. The van der Waals surface area contributed by atoms with E-state index < -0.39 is 0 Å². The van der Waals surface area contributed by atoms with Gasteiger partial charge in [0.1, 0.15) is 11.6 Å². The SMILES string of the molecule is Cc1ccc(-c2cc(-c3cccs3)c(C#N)c(=O)[nH]2)s1. The first kappa shape index (κ1) is 12.9. The van der Waals surface area contributed by atoms with E-state index in [-0.39, 0.29) is 11.1 Å². The molecule has 3 aromatic rings. The van der Waals surface area contributed by atoms with Gasteiger partial charge in [0.05, 0.1) is 10.6 Å². The molecule has 3 nitrogen and oxygen atoms in total. The van der Waals surface area contributed by atoms with Crippen LogP contribution < -0.4 is 5.56 Å². The third-order valence-corrected chi connectivity index (χ3v) is 4.87. The molecule has 3 rings (SSSR count). The fourth-order valence-electron chi connectivity index (χ4n) is 2.01. The first-order valence-corrected chi connectivity index (χ1v) is 7.67. The highest BCUT2D eigenvalue weighted by Gasteiger charge is 2.13. The van der Waals surface area contributed by atoms with Crippen LogP contribution in [0.1, 0.15) is 10.4 Å². The predicted octanol–water partition coefficient (Wildman–Crippen LogP) is 4.01. The lowest BCUT2D eigenvalue weighted by molar-refractivity contribution is 1.23. The van der Waals surface area contributed by atoms with E-state index in [2.05, 4.69) is 4.98 Å². The van der Waals surface area contributed by atoms with Gasteiger partial charge in [-0.15, -0.1) is 22.7 Å². The van der Waals surface area contributed by atoms with E-state index in [4.69, 9.17) is 0 Å². The fourth-order valence-corrected chi connectivity index (χ4v) is 3.60. The van der Waals surface area contributed by atoms with Gasteiger partial charge in [0, 0.05) is 15.3 Å². The molecule has 0 saturated carbocycles. The van der Waals surface area contributed by atoms with E-state index in [9.17, 15) is 10.1 Å². The molecule has 3 heterocycles. The number of aromatic amines is 1. The van der Waals surface area contributed by atoms with Crippen molar-refractivity contribution in [2.45, 2.75) is 6.92 Å². The van der Waals surface area contributed by atoms with E-state index in [0.717, 1.165) is 15.4 Å². The van der Waals surface area contributed by atoms with E-state index >= 15 is 0 Å². The molecule has 3 aromatic heterocycles. The maximum absolute atomic E-state index is 12.1. The van der Waals surface area contributed by atoms with Gasteiger partial charge in [-0.2, -0.15) is 5.26 Å². The van der Waals surface area contributed by atoms with Crippen LogP contribution in [0.4, 0.5) is 0 Å². The van der Waals surface area contributed by atoms with Crippen LogP contribution >= 0.6 is 22.7 Å². The number of thiophene rings is 2. The summed E-state index contributed by atoms with van der Waals surface area (Å²) in [5, 5.41) is 11.1. The van der Waals surface area contributed by atoms with Crippen molar-refractivity contribution < 1.29 is 0 Å². The van der Waals surface area contributed by atoms with Crippen molar-refractivity contribution in [3.05, 3.63) is 56.5 Å². The number of H-pyrrole nitrogens is 1. The molecule has 5 heteroatoms. The Kier molecular flexibility index (Phi) is 3.26. The van der Waals surface area contributed by atoms with Gasteiger partial charge in [0.15, 0.2) is 0 Å². The Balaban J connectivity index is 2.26. The van der Waals surface area contributed by atoms with Gasteiger partial charge < -0.3 is 4.98 Å². The molecular formula is C15H10N2OS2. The van der Waals surface area contributed by atoms with Crippen LogP contribution in [0.2, 0.25) is 0 Å². The number of hydrogen-bond donors (Lipinski definition) is 1. The summed E-state index contributed by atoms with van der Waals surface area (Å²) in [5.41, 5.74) is 1.30. The summed E-state index contributed by atoms with van der Waals surface area (Å²) in [6.45, 7) is 2.02. The molecule has 0 radical (unpaired) electrons. The Bertz CT molecular complexity index is 851. The highest BCUT2D eigenvalue weighted by Crippen LogP contribution is 2.31. The van der Waals surface area contributed by atoms with Crippen molar-refractivity contribution in [3.8, 4) is 27.1 Å². The number of nitriles is 1. The van der Waals surface area contributed by atoms with E-state index in [0.29, 0.717) is 5.56 Å². The molecule has 0 aliphatic rings. The van der Waals surface area contributed by atoms with Gasteiger partial charge in [-0.25, -0.2) is 0 Å². The second-order valence-corrected chi connectivity index (χ2v) is 6.54. The second kappa shape index (κ2) is 5.08. The Morgan fingerprint density at radius 2 is 2.10 bits per heavy atom. The summed E-state index contributed by atoms with van der Waals surface area (Å²) in [6, 6.07) is 11.7. The maximum atomic E-state index is 12.1. The highest BCUT2D eigenvalue weighted by molar-refractivity contribution is 7.15. The minimum atomic E-state index is -0.334. The average molecular weight is 298 g/mol. The van der Waals surface area contributed by atoms with Crippen molar-refractivity contribution >= 4 is 22.7 Å². The van der Waals surface area contributed by atoms with Crippen molar-refractivity contribution in [1.29, 1.82) is 5.26 Å². The predicted molar refractivity (Wildman–Crippen MR) is 83.1 cm³/mol. The fraction of sp³-hybridized carbons (Fsp3) is 0.0667. The number of aromatic nitrogens is 1. The van der Waals surface area contributed by atoms with Crippen molar-refractivity contribution in [1.82, 2.24) is 4.98 Å². The Labute approximate surface area is 123 Å². The Morgan fingerprint density at radius 1 is 1.25 bits per heavy atom. The molecule has 98 valence electrons. The molecule has 0 saturated heterocycles. The first-order valence-electron chi connectivity index (χ1n) is 5.97. The van der Waals surface area contributed by atoms with Crippen molar-refractivity contribution in [2.75, 3.05) is 0 Å². The summed E-state index contributed by atoms with van der Waals surface area (Å²) in [4.78, 5) is 18.0. The molecule has 1 N–H and O–H groups in total. The Morgan fingerprint density at radius 3 is 2.70 bits per heavy atom. The lowest BCUT2D eigenvalue weighted by atomic mass is 10.1. The summed E-state index contributed by atoms with van der Waals surface area (Å²) < 4.78 is 0. The lowest BCUT2D eigenvalue weighted by Gasteiger charge is -2.04. The third kappa shape index (κ3) is 2.20. The molecule has 20 heavy (non-hydrogen) atoms. The minimum absolute atomic E-state index is 0.171. The Hall–Kier alpha value is -2.16. The quantitative estimate of drug-likeness (QED) is 0.777. The van der Waals surface area contributed by atoms with Crippen LogP contribution in [0, 0.1) is 18.3 Å². The van der Waals surface area contributed by atoms with Crippen molar-refractivity contribution in [2.24, 2.45) is 0 Å². The summed E-state index contributed by atoms with van der Waals surface area (Å²) in [5.74, 6) is 0. The van der Waals surface area contributed by atoms with Crippen LogP contribution in [0.3, 0.4) is 0 Å². The molecule has 0 aromatic carbocycles. The van der Waals surface area contributed by atoms with E-state index in [1.54, 1.807) is 11.3 Å². The second-order valence-electron chi connectivity index (χ2n) is 4.30. The van der Waals surface area contributed by atoms with E-state index in [1.807, 2.05) is 48.7 Å². The maximum Gasteiger partial charge on any atom is 0.267 e. The van der Waals surface area contributed by atoms with E-state index in [1.165, 1.54) is 16.2 Å². The number of pyridine rings is 1. The van der Waals surface area contributed by atoms with Gasteiger partial charge in [0.2, 0.25) is 0 Å². The molecule has 0 spiro atoms. The number of rotatable bonds is 2. The third-order valence-electron chi connectivity index (χ3n) is 2.94. The van der Waals surface area contributed by atoms with Gasteiger partial charge >= 0.3 is 0 Å². The summed E-state index contributed by atoms with van der Waals surface area (Å²) in [7, 11) is 0. The van der Waals surface area contributed by atoms with Crippen LogP contribution in [0.5, 0.6) is 0 Å². The van der Waals surface area contributed by atoms with Crippen LogP contribution in [-0.2, 0) is 0 Å². The molecule has 0 aliphatic heterocycles. The van der Waals surface area contributed by atoms with Gasteiger partial charge in [-0.05, 0) is 36.6 Å². The van der Waals surface area contributed by atoms with Crippen LogP contribution in [0.15, 0.2) is 40.5 Å². The largest absolute Gasteiger partial charge is 0.320 e. The smallest absolute Gasteiger partial charge is 0.267 e. The zero-order valence-electron chi connectivity index (χ0n) is 10.6. The average Bonchev–Trinajstić information content (AvgIpc) is 3.08. The molecule has 0 amide bonds. The van der Waals surface area contributed by atoms with Crippen LogP contribution in [0.25, 0.3) is 21.0 Å². The number of nitrogens with zero attached hydrogens (tertiary/aromatic N) is 1.